The number of Topliss-reactive ketones (excluding diaryl/α,β-unsaturated/α-hetero) is 1. The second-order valence-corrected chi connectivity index (χ2v) is 4.15. The molecule has 2 nitrogen and oxygen atoms in total. The van der Waals surface area contributed by atoms with E-state index in [1.807, 2.05) is 0 Å². The Morgan fingerprint density at radius 2 is 1.94 bits per heavy atom. The van der Waals surface area contributed by atoms with Crippen LogP contribution in [0, 0.1) is 5.92 Å². The molecule has 1 aliphatic heterocycles. The second kappa shape index (κ2) is 4.49. The zero-order valence-corrected chi connectivity index (χ0v) is 9.05. The van der Waals surface area contributed by atoms with Crippen molar-refractivity contribution in [3.05, 3.63) is 35.4 Å². The first-order chi connectivity index (χ1) is 7.98. The number of nitrogens with one attached hydrogen (secondary N) is 1. The lowest BCUT2D eigenvalue weighted by Gasteiger charge is -2.26. The quantitative estimate of drug-likeness (QED) is 0.880. The lowest BCUT2D eigenvalue weighted by atomic mass is 9.91. The van der Waals surface area contributed by atoms with Crippen LogP contribution in [0.3, 0.4) is 0 Å². The van der Waals surface area contributed by atoms with Crippen molar-refractivity contribution in [1.82, 2.24) is 5.32 Å². The molecule has 0 bridgehead atoms. The van der Waals surface area contributed by atoms with Gasteiger partial charge in [-0.25, -0.2) is 0 Å². The highest BCUT2D eigenvalue weighted by molar-refractivity contribution is 5.84. The van der Waals surface area contributed by atoms with Gasteiger partial charge in [0.2, 0.25) is 0 Å². The van der Waals surface area contributed by atoms with Crippen molar-refractivity contribution < 1.29 is 18.0 Å². The Labute approximate surface area is 96.8 Å². The number of alkyl halides is 3. The van der Waals surface area contributed by atoms with E-state index in [1.54, 1.807) is 0 Å². The molecule has 1 N–H and O–H groups in total. The van der Waals surface area contributed by atoms with E-state index in [9.17, 15) is 18.0 Å². The zero-order chi connectivity index (χ0) is 12.5. The molecule has 2 rings (SSSR count). The molecule has 0 spiro atoms. The number of hydrogen-bond acceptors (Lipinski definition) is 2. The van der Waals surface area contributed by atoms with E-state index in [-0.39, 0.29) is 23.7 Å². The Balaban J connectivity index is 2.17. The van der Waals surface area contributed by atoms with Gasteiger partial charge < -0.3 is 5.32 Å². The summed E-state index contributed by atoms with van der Waals surface area (Å²) in [5.74, 6) is -0.253. The summed E-state index contributed by atoms with van der Waals surface area (Å²) in [6, 6.07) is 5.24. The van der Waals surface area contributed by atoms with Crippen molar-refractivity contribution in [2.24, 2.45) is 5.92 Å². The third-order valence-electron chi connectivity index (χ3n) is 2.92. The fourth-order valence-corrected chi connectivity index (χ4v) is 1.80. The SMILES string of the molecule is O=C(Cc1ccccc1C(F)(F)F)C1CNC1. The molecule has 17 heavy (non-hydrogen) atoms. The van der Waals surface area contributed by atoms with Crippen molar-refractivity contribution in [3.63, 3.8) is 0 Å². The van der Waals surface area contributed by atoms with Gasteiger partial charge in [0.05, 0.1) is 5.56 Å². The van der Waals surface area contributed by atoms with Gasteiger partial charge in [-0.3, -0.25) is 4.79 Å². The molecule has 0 atom stereocenters. The monoisotopic (exact) mass is 243 g/mol. The highest BCUT2D eigenvalue weighted by atomic mass is 19.4. The standard InChI is InChI=1S/C12H12F3NO/c13-12(14,15)10-4-2-1-3-8(10)5-11(17)9-6-16-7-9/h1-4,9,16H,5-7H2. The zero-order valence-electron chi connectivity index (χ0n) is 9.05. The number of carbonyl (C=O) groups is 1. The number of benzene rings is 1. The summed E-state index contributed by atoms with van der Waals surface area (Å²) in [7, 11) is 0. The second-order valence-electron chi connectivity index (χ2n) is 4.15. The molecule has 0 amide bonds. The average molecular weight is 243 g/mol. The molecule has 1 aliphatic rings. The molecule has 5 heteroatoms. The van der Waals surface area contributed by atoms with Crippen LogP contribution in [0.5, 0.6) is 0 Å². The highest BCUT2D eigenvalue weighted by Crippen LogP contribution is 2.32. The fourth-order valence-electron chi connectivity index (χ4n) is 1.80. The summed E-state index contributed by atoms with van der Waals surface area (Å²) in [6.07, 6.45) is -4.53. The Bertz CT molecular complexity index is 424. The molecule has 0 aromatic heterocycles. The van der Waals surface area contributed by atoms with Crippen molar-refractivity contribution in [2.45, 2.75) is 12.6 Å². The summed E-state index contributed by atoms with van der Waals surface area (Å²) >= 11 is 0. The van der Waals surface area contributed by atoms with E-state index in [1.165, 1.54) is 18.2 Å². The van der Waals surface area contributed by atoms with Crippen molar-refractivity contribution >= 4 is 5.78 Å². The normalized spacial score (nSPS) is 16.6. The molecule has 0 saturated carbocycles. The molecule has 1 aromatic rings. The fraction of sp³-hybridized carbons (Fsp3) is 0.417. The average Bonchev–Trinajstić information content (AvgIpc) is 2.13. The van der Waals surface area contributed by atoms with Crippen LogP contribution in [0.15, 0.2) is 24.3 Å². The van der Waals surface area contributed by atoms with Gasteiger partial charge in [0.15, 0.2) is 0 Å². The predicted molar refractivity (Wildman–Crippen MR) is 56.5 cm³/mol. The third-order valence-corrected chi connectivity index (χ3v) is 2.92. The maximum atomic E-state index is 12.7. The van der Waals surface area contributed by atoms with Crippen LogP contribution in [-0.2, 0) is 17.4 Å². The van der Waals surface area contributed by atoms with Gasteiger partial charge in [-0.2, -0.15) is 13.2 Å². The van der Waals surface area contributed by atoms with Crippen molar-refractivity contribution in [1.29, 1.82) is 0 Å². The van der Waals surface area contributed by atoms with Crippen LogP contribution in [0.4, 0.5) is 13.2 Å². The topological polar surface area (TPSA) is 29.1 Å². The molecule has 1 saturated heterocycles. The van der Waals surface area contributed by atoms with E-state index in [2.05, 4.69) is 5.32 Å². The molecular formula is C12H12F3NO. The van der Waals surface area contributed by atoms with Crippen LogP contribution in [0.2, 0.25) is 0 Å². The minimum Gasteiger partial charge on any atom is -0.315 e. The van der Waals surface area contributed by atoms with Crippen LogP contribution in [0.25, 0.3) is 0 Å². The number of carbonyl (C=O) groups excluding carboxylic acids is 1. The van der Waals surface area contributed by atoms with Gasteiger partial charge in [0.1, 0.15) is 5.78 Å². The van der Waals surface area contributed by atoms with Gasteiger partial charge in [0.25, 0.3) is 0 Å². The summed E-state index contributed by atoms with van der Waals surface area (Å²) in [6.45, 7) is 1.15. The Hall–Kier alpha value is -1.36. The lowest BCUT2D eigenvalue weighted by molar-refractivity contribution is -0.138. The number of rotatable bonds is 3. The minimum absolute atomic E-state index is 0.0666. The van der Waals surface area contributed by atoms with E-state index < -0.39 is 11.7 Å². The molecular weight excluding hydrogens is 231 g/mol. The first-order valence-electron chi connectivity index (χ1n) is 5.37. The number of ketones is 1. The maximum absolute atomic E-state index is 12.7. The third kappa shape index (κ3) is 2.66. The summed E-state index contributed by atoms with van der Waals surface area (Å²) < 4.78 is 38.0. The highest BCUT2D eigenvalue weighted by Gasteiger charge is 2.34. The van der Waals surface area contributed by atoms with Gasteiger partial charge in [-0.1, -0.05) is 18.2 Å². The largest absolute Gasteiger partial charge is 0.416 e. The van der Waals surface area contributed by atoms with Gasteiger partial charge in [0, 0.05) is 25.4 Å². The Morgan fingerprint density at radius 3 is 2.47 bits per heavy atom. The minimum atomic E-state index is -4.39. The lowest BCUT2D eigenvalue weighted by Crippen LogP contribution is -2.47. The van der Waals surface area contributed by atoms with Gasteiger partial charge >= 0.3 is 6.18 Å². The molecule has 1 fully saturated rings. The van der Waals surface area contributed by atoms with E-state index >= 15 is 0 Å². The van der Waals surface area contributed by atoms with Crippen molar-refractivity contribution in [2.75, 3.05) is 13.1 Å². The smallest absolute Gasteiger partial charge is 0.315 e. The van der Waals surface area contributed by atoms with Crippen molar-refractivity contribution in [3.8, 4) is 0 Å². The molecule has 1 heterocycles. The van der Waals surface area contributed by atoms with E-state index in [4.69, 9.17) is 0 Å². The predicted octanol–water partition coefficient (Wildman–Crippen LogP) is 2.04. The Kier molecular flexibility index (Phi) is 3.19. The van der Waals surface area contributed by atoms with Crippen LogP contribution >= 0.6 is 0 Å². The molecule has 0 aliphatic carbocycles. The van der Waals surface area contributed by atoms with E-state index in [0.29, 0.717) is 13.1 Å². The molecule has 1 aromatic carbocycles. The molecule has 0 radical (unpaired) electrons. The Morgan fingerprint density at radius 1 is 1.29 bits per heavy atom. The van der Waals surface area contributed by atoms with Crippen LogP contribution < -0.4 is 5.32 Å². The number of halogens is 3. The van der Waals surface area contributed by atoms with Gasteiger partial charge in [-0.15, -0.1) is 0 Å². The maximum Gasteiger partial charge on any atom is 0.416 e. The first-order valence-corrected chi connectivity index (χ1v) is 5.37. The van der Waals surface area contributed by atoms with Crippen LogP contribution in [-0.4, -0.2) is 18.9 Å². The summed E-state index contributed by atoms with van der Waals surface area (Å²) in [5, 5.41) is 2.93. The molecule has 0 unspecified atom stereocenters. The van der Waals surface area contributed by atoms with E-state index in [0.717, 1.165) is 6.07 Å². The summed E-state index contributed by atoms with van der Waals surface area (Å²) in [4.78, 5) is 11.7. The van der Waals surface area contributed by atoms with Crippen LogP contribution in [0.1, 0.15) is 11.1 Å². The summed E-state index contributed by atoms with van der Waals surface area (Å²) in [5.41, 5.74) is -0.641. The van der Waals surface area contributed by atoms with Gasteiger partial charge in [-0.05, 0) is 11.6 Å². The number of hydrogen-bond donors (Lipinski definition) is 1. The first kappa shape index (κ1) is 12.1. The molecule has 92 valence electrons.